The van der Waals surface area contributed by atoms with Gasteiger partial charge in [0.25, 0.3) is 0 Å². The van der Waals surface area contributed by atoms with E-state index in [0.717, 1.165) is 29.1 Å². The van der Waals surface area contributed by atoms with Gasteiger partial charge in [0.05, 0.1) is 22.4 Å². The van der Waals surface area contributed by atoms with Gasteiger partial charge in [-0.3, -0.25) is 4.79 Å². The van der Waals surface area contributed by atoms with Crippen LogP contribution in [0, 0.1) is 0 Å². The second-order valence-corrected chi connectivity index (χ2v) is 6.91. The molecule has 0 saturated carbocycles. The fourth-order valence-corrected chi connectivity index (χ4v) is 4.13. The fraction of sp³-hybridized carbons (Fsp3) is 0.533. The molecule has 1 amide bonds. The number of β-amino-alcohol motifs (C(OH)–C–C–N with tert-alkyl or cyclic N) is 1. The molecule has 2 atom stereocenters. The van der Waals surface area contributed by atoms with E-state index in [1.807, 2.05) is 16.3 Å². The van der Waals surface area contributed by atoms with Gasteiger partial charge in [0.2, 0.25) is 5.91 Å². The summed E-state index contributed by atoms with van der Waals surface area (Å²) >= 11 is 1.65. The molecule has 2 aromatic heterocycles. The number of fused-ring (bicyclic) bond motifs is 1. The number of piperazine rings is 1. The molecule has 23 heavy (non-hydrogen) atoms. The minimum atomic E-state index is -0.404. The van der Waals surface area contributed by atoms with Crippen LogP contribution in [0.3, 0.4) is 0 Å². The molecular formula is C15H19N5O2S. The monoisotopic (exact) mass is 333 g/mol. The van der Waals surface area contributed by atoms with Crippen molar-refractivity contribution in [2.45, 2.75) is 18.6 Å². The van der Waals surface area contributed by atoms with E-state index in [2.05, 4.69) is 20.2 Å². The highest BCUT2D eigenvalue weighted by Crippen LogP contribution is 2.28. The van der Waals surface area contributed by atoms with Crippen molar-refractivity contribution < 1.29 is 9.90 Å². The molecule has 0 aromatic carbocycles. The predicted octanol–water partition coefficient (Wildman–Crippen LogP) is 0.0627. The zero-order chi connectivity index (χ0) is 15.8. The molecule has 0 bridgehead atoms. The highest BCUT2D eigenvalue weighted by molar-refractivity contribution is 7.17. The number of carbonyl (C=O) groups is 1. The van der Waals surface area contributed by atoms with Gasteiger partial charge in [-0.25, -0.2) is 9.97 Å². The van der Waals surface area contributed by atoms with Crippen LogP contribution in [0.5, 0.6) is 0 Å². The van der Waals surface area contributed by atoms with Gasteiger partial charge >= 0.3 is 0 Å². The van der Waals surface area contributed by atoms with E-state index >= 15 is 0 Å². The van der Waals surface area contributed by atoms with E-state index < -0.39 is 6.10 Å². The number of nitrogens with one attached hydrogen (secondary N) is 1. The average Bonchev–Trinajstić information content (AvgIpc) is 3.22. The normalized spacial score (nSPS) is 25.3. The topological polar surface area (TPSA) is 81.6 Å². The molecule has 4 rings (SSSR count). The molecule has 2 saturated heterocycles. The highest BCUT2D eigenvalue weighted by Gasteiger charge is 2.33. The van der Waals surface area contributed by atoms with E-state index in [0.29, 0.717) is 26.1 Å². The van der Waals surface area contributed by atoms with Gasteiger partial charge in [0, 0.05) is 32.7 Å². The summed E-state index contributed by atoms with van der Waals surface area (Å²) in [6.07, 6.45) is 1.71. The first kappa shape index (κ1) is 14.8. The minimum absolute atomic E-state index is 0.102. The molecule has 4 heterocycles. The zero-order valence-corrected chi connectivity index (χ0v) is 13.5. The third-order valence-corrected chi connectivity index (χ3v) is 5.42. The summed E-state index contributed by atoms with van der Waals surface area (Å²) in [4.78, 5) is 25.3. The summed E-state index contributed by atoms with van der Waals surface area (Å²) in [5.41, 5.74) is 0.975. The standard InChI is InChI=1S/C15H19N5O2S/c21-10-7-12(16-8-10)15(22)20-4-2-19(3-5-20)14-13-11(1-6-23-13)17-9-18-14/h1,6,9-10,12,16,21H,2-5,7-8H2. The largest absolute Gasteiger partial charge is 0.392 e. The molecule has 2 aliphatic rings. The molecule has 7 nitrogen and oxygen atoms in total. The highest BCUT2D eigenvalue weighted by atomic mass is 32.1. The molecule has 2 N–H and O–H groups in total. The van der Waals surface area contributed by atoms with Crippen LogP contribution >= 0.6 is 11.3 Å². The van der Waals surface area contributed by atoms with Gasteiger partial charge < -0.3 is 20.2 Å². The van der Waals surface area contributed by atoms with E-state index in [-0.39, 0.29) is 11.9 Å². The first-order valence-electron chi connectivity index (χ1n) is 7.86. The number of carbonyl (C=O) groups excluding carboxylic acids is 1. The van der Waals surface area contributed by atoms with Crippen molar-refractivity contribution in [3.8, 4) is 0 Å². The molecule has 0 aliphatic carbocycles. The molecule has 2 aliphatic heterocycles. The first-order chi connectivity index (χ1) is 11.2. The second kappa shape index (κ2) is 6.03. The Morgan fingerprint density at radius 3 is 2.87 bits per heavy atom. The van der Waals surface area contributed by atoms with Crippen molar-refractivity contribution in [1.82, 2.24) is 20.2 Å². The first-order valence-corrected chi connectivity index (χ1v) is 8.74. The molecule has 0 radical (unpaired) electrons. The molecule has 2 fully saturated rings. The molecule has 0 spiro atoms. The summed E-state index contributed by atoms with van der Waals surface area (Å²) in [5, 5.41) is 14.7. The fourth-order valence-electron chi connectivity index (χ4n) is 3.27. The lowest BCUT2D eigenvalue weighted by atomic mass is 10.1. The van der Waals surface area contributed by atoms with Crippen LogP contribution in [0.1, 0.15) is 6.42 Å². The Labute approximate surface area is 137 Å². The van der Waals surface area contributed by atoms with Gasteiger partial charge in [-0.15, -0.1) is 11.3 Å². The number of aromatic nitrogens is 2. The number of thiophene rings is 1. The number of nitrogens with zero attached hydrogens (tertiary/aromatic N) is 4. The molecule has 8 heteroatoms. The predicted molar refractivity (Wildman–Crippen MR) is 88.6 cm³/mol. The van der Waals surface area contributed by atoms with Gasteiger partial charge in [0.1, 0.15) is 12.1 Å². The number of anilines is 1. The van der Waals surface area contributed by atoms with Crippen molar-refractivity contribution >= 4 is 33.3 Å². The zero-order valence-electron chi connectivity index (χ0n) is 12.7. The Bertz CT molecular complexity index is 713. The van der Waals surface area contributed by atoms with Gasteiger partial charge in [0.15, 0.2) is 0 Å². The SMILES string of the molecule is O=C(C1CC(O)CN1)N1CCN(c2ncnc3ccsc23)CC1. The van der Waals surface area contributed by atoms with Crippen LogP contribution in [0.15, 0.2) is 17.8 Å². The number of hydrogen-bond donors (Lipinski definition) is 2. The Balaban J connectivity index is 1.43. The van der Waals surface area contributed by atoms with E-state index in [1.54, 1.807) is 17.7 Å². The lowest BCUT2D eigenvalue weighted by Gasteiger charge is -2.36. The van der Waals surface area contributed by atoms with Gasteiger partial charge in [-0.1, -0.05) is 0 Å². The van der Waals surface area contributed by atoms with E-state index in [1.165, 1.54) is 0 Å². The van der Waals surface area contributed by atoms with Crippen LogP contribution in [0.4, 0.5) is 5.82 Å². The van der Waals surface area contributed by atoms with Crippen molar-refractivity contribution in [2.24, 2.45) is 0 Å². The quantitative estimate of drug-likeness (QED) is 0.809. The van der Waals surface area contributed by atoms with Crippen LogP contribution in [0.2, 0.25) is 0 Å². The van der Waals surface area contributed by atoms with Crippen LogP contribution in [-0.4, -0.2) is 70.8 Å². The maximum atomic E-state index is 12.5. The minimum Gasteiger partial charge on any atom is -0.392 e. The number of aliphatic hydroxyl groups excluding tert-OH is 1. The van der Waals surface area contributed by atoms with Crippen molar-refractivity contribution in [3.05, 3.63) is 17.8 Å². The van der Waals surface area contributed by atoms with E-state index in [4.69, 9.17) is 0 Å². The lowest BCUT2D eigenvalue weighted by molar-refractivity contribution is -0.133. The number of aliphatic hydroxyl groups is 1. The summed E-state index contributed by atoms with van der Waals surface area (Å²) in [7, 11) is 0. The molecule has 122 valence electrons. The summed E-state index contributed by atoms with van der Waals surface area (Å²) in [6.45, 7) is 3.41. The van der Waals surface area contributed by atoms with E-state index in [9.17, 15) is 9.90 Å². The summed E-state index contributed by atoms with van der Waals surface area (Å²) in [5.74, 6) is 1.07. The summed E-state index contributed by atoms with van der Waals surface area (Å²) in [6, 6.07) is 1.77. The van der Waals surface area contributed by atoms with Crippen LogP contribution in [-0.2, 0) is 4.79 Å². The Morgan fingerprint density at radius 2 is 2.13 bits per heavy atom. The Hall–Kier alpha value is -1.77. The van der Waals surface area contributed by atoms with Crippen LogP contribution < -0.4 is 10.2 Å². The van der Waals surface area contributed by atoms with Crippen molar-refractivity contribution in [3.63, 3.8) is 0 Å². The molecule has 2 unspecified atom stereocenters. The van der Waals surface area contributed by atoms with Gasteiger partial charge in [-0.2, -0.15) is 0 Å². The number of rotatable bonds is 2. The second-order valence-electron chi connectivity index (χ2n) is 5.99. The number of hydrogen-bond acceptors (Lipinski definition) is 7. The summed E-state index contributed by atoms with van der Waals surface area (Å²) < 4.78 is 1.10. The smallest absolute Gasteiger partial charge is 0.239 e. The van der Waals surface area contributed by atoms with Crippen molar-refractivity contribution in [1.29, 1.82) is 0 Å². The van der Waals surface area contributed by atoms with Crippen molar-refractivity contribution in [2.75, 3.05) is 37.6 Å². The average molecular weight is 333 g/mol. The third kappa shape index (κ3) is 2.77. The molecular weight excluding hydrogens is 314 g/mol. The van der Waals surface area contributed by atoms with Crippen LogP contribution in [0.25, 0.3) is 10.2 Å². The number of amides is 1. The lowest BCUT2D eigenvalue weighted by Crippen LogP contribution is -2.53. The maximum Gasteiger partial charge on any atom is 0.239 e. The maximum absolute atomic E-state index is 12.5. The van der Waals surface area contributed by atoms with Gasteiger partial charge in [-0.05, 0) is 17.9 Å². The Kier molecular flexibility index (Phi) is 3.88. The molecule has 2 aromatic rings. The Morgan fingerprint density at radius 1 is 1.30 bits per heavy atom. The third-order valence-electron chi connectivity index (χ3n) is 4.52.